The number of nitrogens with two attached hydrogens (primary N) is 1. The number of nitrogens with zero attached hydrogens (tertiary/aromatic N) is 4. The molecular formula is C21H23N7O. The molecule has 0 spiro atoms. The zero-order valence-corrected chi connectivity index (χ0v) is 16.1. The smallest absolute Gasteiger partial charge is 0.131 e. The highest BCUT2D eigenvalue weighted by molar-refractivity contribution is 6.00. The number of nitrogens with one attached hydrogen (secondary N) is 2. The molecule has 0 amide bonds. The van der Waals surface area contributed by atoms with Gasteiger partial charge in [-0.1, -0.05) is 48.5 Å². The number of hydroxylamine groups is 1. The van der Waals surface area contributed by atoms with Crippen molar-refractivity contribution in [1.82, 2.24) is 30.8 Å². The Balaban J connectivity index is 1.62. The topological polar surface area (TPSA) is 114 Å². The van der Waals surface area contributed by atoms with E-state index in [-0.39, 0.29) is 6.17 Å². The molecular weight excluding hydrogens is 366 g/mol. The summed E-state index contributed by atoms with van der Waals surface area (Å²) in [7, 11) is 0. The number of hydrogen-bond donors (Lipinski definition) is 4. The molecule has 148 valence electrons. The van der Waals surface area contributed by atoms with Gasteiger partial charge in [-0.3, -0.25) is 5.32 Å². The minimum atomic E-state index is -0.317. The molecule has 2 heterocycles. The van der Waals surface area contributed by atoms with Gasteiger partial charge in [-0.2, -0.15) is 5.48 Å². The van der Waals surface area contributed by atoms with Crippen molar-refractivity contribution < 1.29 is 5.21 Å². The molecule has 0 fully saturated rings. The summed E-state index contributed by atoms with van der Waals surface area (Å²) in [5.41, 5.74) is 11.7. The van der Waals surface area contributed by atoms with Gasteiger partial charge in [0.1, 0.15) is 17.7 Å². The van der Waals surface area contributed by atoms with Crippen molar-refractivity contribution in [1.29, 1.82) is 0 Å². The van der Waals surface area contributed by atoms with Gasteiger partial charge in [0.05, 0.1) is 11.9 Å². The summed E-state index contributed by atoms with van der Waals surface area (Å²) in [4.78, 5) is 4.29. The summed E-state index contributed by atoms with van der Waals surface area (Å²) < 4.78 is 1.71. The van der Waals surface area contributed by atoms with E-state index in [1.54, 1.807) is 10.9 Å². The number of pyridine rings is 1. The Morgan fingerprint density at radius 1 is 1.10 bits per heavy atom. The lowest BCUT2D eigenvalue weighted by atomic mass is 10.1. The van der Waals surface area contributed by atoms with Crippen LogP contribution >= 0.6 is 0 Å². The van der Waals surface area contributed by atoms with Crippen molar-refractivity contribution in [3.8, 4) is 16.9 Å². The van der Waals surface area contributed by atoms with Crippen LogP contribution in [0.25, 0.3) is 27.7 Å². The summed E-state index contributed by atoms with van der Waals surface area (Å²) in [6, 6.07) is 15.6. The first kappa shape index (κ1) is 19.0. The third-order valence-corrected chi connectivity index (χ3v) is 4.81. The van der Waals surface area contributed by atoms with E-state index in [1.807, 2.05) is 54.7 Å². The second-order valence-corrected chi connectivity index (χ2v) is 6.76. The van der Waals surface area contributed by atoms with Gasteiger partial charge in [-0.05, 0) is 36.0 Å². The molecule has 5 N–H and O–H groups in total. The summed E-state index contributed by atoms with van der Waals surface area (Å²) in [6.07, 6.45) is 4.26. The molecule has 8 heteroatoms. The standard InChI is InChI=1S/C21H23N7O/c1-2-11-23-21(26-29)14-7-9-15(10-8-14)28-13-19(25-27-28)18-12-24-20(22)17-6-4-3-5-16(17)18/h3-10,12-13,21,23,26,29H,2,11H2,1H3,(H2,22,24). The number of hydrogen-bond acceptors (Lipinski definition) is 7. The van der Waals surface area contributed by atoms with Gasteiger partial charge in [0.15, 0.2) is 0 Å². The fourth-order valence-electron chi connectivity index (χ4n) is 3.28. The normalized spacial score (nSPS) is 12.3. The summed E-state index contributed by atoms with van der Waals surface area (Å²) >= 11 is 0. The minimum absolute atomic E-state index is 0.317. The lowest BCUT2D eigenvalue weighted by molar-refractivity contribution is 0.110. The Bertz CT molecular complexity index is 1110. The minimum Gasteiger partial charge on any atom is -0.383 e. The van der Waals surface area contributed by atoms with Crippen LogP contribution < -0.4 is 16.5 Å². The van der Waals surface area contributed by atoms with Gasteiger partial charge >= 0.3 is 0 Å². The molecule has 2 aromatic carbocycles. The van der Waals surface area contributed by atoms with Gasteiger partial charge < -0.3 is 10.9 Å². The van der Waals surface area contributed by atoms with Crippen LogP contribution in [0.3, 0.4) is 0 Å². The largest absolute Gasteiger partial charge is 0.383 e. The fourth-order valence-corrected chi connectivity index (χ4v) is 3.28. The van der Waals surface area contributed by atoms with Gasteiger partial charge in [-0.25, -0.2) is 9.67 Å². The zero-order chi connectivity index (χ0) is 20.2. The van der Waals surface area contributed by atoms with Crippen molar-refractivity contribution in [2.45, 2.75) is 19.5 Å². The van der Waals surface area contributed by atoms with Crippen molar-refractivity contribution in [2.24, 2.45) is 0 Å². The number of fused-ring (bicyclic) bond motifs is 1. The molecule has 0 saturated heterocycles. The predicted molar refractivity (Wildman–Crippen MR) is 112 cm³/mol. The Morgan fingerprint density at radius 2 is 1.86 bits per heavy atom. The van der Waals surface area contributed by atoms with E-state index < -0.39 is 0 Å². The third kappa shape index (κ3) is 3.81. The maximum atomic E-state index is 9.37. The number of nitrogen functional groups attached to an aromatic ring is 1. The highest BCUT2D eigenvalue weighted by Crippen LogP contribution is 2.29. The maximum Gasteiger partial charge on any atom is 0.131 e. The van der Waals surface area contributed by atoms with E-state index in [9.17, 15) is 5.21 Å². The van der Waals surface area contributed by atoms with Crippen LogP contribution in [-0.2, 0) is 0 Å². The molecule has 4 aromatic rings. The monoisotopic (exact) mass is 389 g/mol. The quantitative estimate of drug-likeness (QED) is 0.284. The highest BCUT2D eigenvalue weighted by Gasteiger charge is 2.12. The first-order valence-electron chi connectivity index (χ1n) is 9.50. The molecule has 0 aliphatic carbocycles. The zero-order valence-electron chi connectivity index (χ0n) is 16.1. The summed E-state index contributed by atoms with van der Waals surface area (Å²) in [5, 5.41) is 23.1. The van der Waals surface area contributed by atoms with E-state index in [2.05, 4.69) is 33.0 Å². The average Bonchev–Trinajstić information content (AvgIpc) is 3.25. The van der Waals surface area contributed by atoms with Crippen molar-refractivity contribution in [3.05, 3.63) is 66.5 Å². The fraction of sp³-hybridized carbons (Fsp3) is 0.190. The van der Waals surface area contributed by atoms with E-state index in [1.165, 1.54) is 0 Å². The SMILES string of the molecule is CCCNC(NO)c1ccc(-n2cc(-c3cnc(N)c4ccccc34)nn2)cc1. The molecule has 0 radical (unpaired) electrons. The molecule has 4 rings (SSSR count). The van der Waals surface area contributed by atoms with Gasteiger partial charge in [0.2, 0.25) is 0 Å². The number of aromatic nitrogens is 4. The second kappa shape index (κ2) is 8.36. The van der Waals surface area contributed by atoms with Crippen LogP contribution in [0, 0.1) is 0 Å². The maximum absolute atomic E-state index is 9.37. The first-order valence-corrected chi connectivity index (χ1v) is 9.50. The van der Waals surface area contributed by atoms with E-state index >= 15 is 0 Å². The second-order valence-electron chi connectivity index (χ2n) is 6.76. The molecule has 1 unspecified atom stereocenters. The Hall–Kier alpha value is -3.33. The van der Waals surface area contributed by atoms with Gasteiger partial charge in [-0.15, -0.1) is 5.10 Å². The van der Waals surface area contributed by atoms with Crippen molar-refractivity contribution in [2.75, 3.05) is 12.3 Å². The van der Waals surface area contributed by atoms with Gasteiger partial charge in [0, 0.05) is 17.1 Å². The summed E-state index contributed by atoms with van der Waals surface area (Å²) in [5.74, 6) is 0.496. The Morgan fingerprint density at radius 3 is 2.59 bits per heavy atom. The van der Waals surface area contributed by atoms with Crippen LogP contribution in [0.15, 0.2) is 60.9 Å². The first-order chi connectivity index (χ1) is 14.2. The Labute approximate surface area is 168 Å². The lowest BCUT2D eigenvalue weighted by Crippen LogP contribution is -2.32. The molecule has 0 bridgehead atoms. The Kier molecular flexibility index (Phi) is 5.48. The lowest BCUT2D eigenvalue weighted by Gasteiger charge is -2.17. The molecule has 2 aromatic heterocycles. The van der Waals surface area contributed by atoms with Crippen LogP contribution in [0.5, 0.6) is 0 Å². The predicted octanol–water partition coefficient (Wildman–Crippen LogP) is 3.04. The number of anilines is 1. The molecule has 1 atom stereocenters. The van der Waals surface area contributed by atoms with Gasteiger partial charge in [0.25, 0.3) is 0 Å². The van der Waals surface area contributed by atoms with Crippen molar-refractivity contribution >= 4 is 16.6 Å². The van der Waals surface area contributed by atoms with E-state index in [0.717, 1.165) is 46.2 Å². The molecule has 0 saturated carbocycles. The van der Waals surface area contributed by atoms with E-state index in [4.69, 9.17) is 5.73 Å². The highest BCUT2D eigenvalue weighted by atomic mass is 16.5. The number of rotatable bonds is 7. The molecule has 0 aliphatic heterocycles. The van der Waals surface area contributed by atoms with Crippen LogP contribution in [-0.4, -0.2) is 31.7 Å². The molecule has 0 aliphatic rings. The molecule has 8 nitrogen and oxygen atoms in total. The number of benzene rings is 2. The van der Waals surface area contributed by atoms with Crippen LogP contribution in [0.2, 0.25) is 0 Å². The van der Waals surface area contributed by atoms with Crippen molar-refractivity contribution in [3.63, 3.8) is 0 Å². The third-order valence-electron chi connectivity index (χ3n) is 4.81. The van der Waals surface area contributed by atoms with Crippen LogP contribution in [0.4, 0.5) is 5.82 Å². The van der Waals surface area contributed by atoms with E-state index in [0.29, 0.717) is 5.82 Å². The molecule has 29 heavy (non-hydrogen) atoms. The summed E-state index contributed by atoms with van der Waals surface area (Å²) in [6.45, 7) is 2.88. The van der Waals surface area contributed by atoms with Crippen LogP contribution in [0.1, 0.15) is 25.1 Å². The average molecular weight is 389 g/mol.